The zero-order valence-corrected chi connectivity index (χ0v) is 12.0. The van der Waals surface area contributed by atoms with Crippen molar-refractivity contribution in [3.05, 3.63) is 29.8 Å². The van der Waals surface area contributed by atoms with E-state index >= 15 is 0 Å². The smallest absolute Gasteiger partial charge is 0.308 e. The fourth-order valence-corrected chi connectivity index (χ4v) is 2.75. The van der Waals surface area contributed by atoms with Gasteiger partial charge in [-0.15, -0.1) is 0 Å². The second-order valence-electron chi connectivity index (χ2n) is 6.10. The van der Waals surface area contributed by atoms with E-state index in [1.54, 1.807) is 0 Å². The van der Waals surface area contributed by atoms with Gasteiger partial charge in [-0.1, -0.05) is 32.9 Å². The highest BCUT2D eigenvalue weighted by Gasteiger charge is 2.40. The monoisotopic (exact) mass is 261 g/mol. The average molecular weight is 261 g/mol. The maximum atomic E-state index is 11.4. The summed E-state index contributed by atoms with van der Waals surface area (Å²) < 4.78 is 0. The van der Waals surface area contributed by atoms with Gasteiger partial charge in [0.2, 0.25) is 0 Å². The number of anilines is 1. The Morgan fingerprint density at radius 3 is 2.53 bits per heavy atom. The SMILES string of the molecule is CCc1ccc(N2CCC(C)(C)C(C(=O)O)C2)cc1. The van der Waals surface area contributed by atoms with Crippen molar-refractivity contribution >= 4 is 11.7 Å². The molecule has 3 heteroatoms. The molecule has 0 aliphatic carbocycles. The molecule has 2 rings (SSSR count). The van der Waals surface area contributed by atoms with Crippen LogP contribution in [0, 0.1) is 11.3 Å². The van der Waals surface area contributed by atoms with Crippen LogP contribution in [-0.2, 0) is 11.2 Å². The number of hydrogen-bond donors (Lipinski definition) is 1. The van der Waals surface area contributed by atoms with Gasteiger partial charge < -0.3 is 10.0 Å². The first-order chi connectivity index (χ1) is 8.94. The summed E-state index contributed by atoms with van der Waals surface area (Å²) in [4.78, 5) is 13.6. The Balaban J connectivity index is 2.16. The molecular weight excluding hydrogens is 238 g/mol. The number of nitrogens with zero attached hydrogens (tertiary/aromatic N) is 1. The van der Waals surface area contributed by atoms with E-state index in [4.69, 9.17) is 0 Å². The van der Waals surface area contributed by atoms with Crippen molar-refractivity contribution in [3.8, 4) is 0 Å². The number of benzene rings is 1. The Morgan fingerprint density at radius 2 is 2.00 bits per heavy atom. The first-order valence-electron chi connectivity index (χ1n) is 7.00. The van der Waals surface area contributed by atoms with E-state index in [-0.39, 0.29) is 11.3 Å². The lowest BCUT2D eigenvalue weighted by molar-refractivity contribution is -0.146. The molecule has 0 saturated carbocycles. The lowest BCUT2D eigenvalue weighted by atomic mass is 9.73. The van der Waals surface area contributed by atoms with Crippen LogP contribution in [0.25, 0.3) is 0 Å². The summed E-state index contributed by atoms with van der Waals surface area (Å²) in [6, 6.07) is 8.47. The highest BCUT2D eigenvalue weighted by molar-refractivity contribution is 5.72. The normalized spacial score (nSPS) is 22.3. The van der Waals surface area contributed by atoms with Gasteiger partial charge in [0.1, 0.15) is 0 Å². The summed E-state index contributed by atoms with van der Waals surface area (Å²) >= 11 is 0. The van der Waals surface area contributed by atoms with Crippen LogP contribution in [0.1, 0.15) is 32.8 Å². The maximum absolute atomic E-state index is 11.4. The van der Waals surface area contributed by atoms with E-state index in [1.807, 2.05) is 0 Å². The minimum Gasteiger partial charge on any atom is -0.481 e. The topological polar surface area (TPSA) is 40.5 Å². The van der Waals surface area contributed by atoms with Crippen LogP contribution in [0.15, 0.2) is 24.3 Å². The maximum Gasteiger partial charge on any atom is 0.308 e. The highest BCUT2D eigenvalue weighted by Crippen LogP contribution is 2.37. The second-order valence-corrected chi connectivity index (χ2v) is 6.10. The van der Waals surface area contributed by atoms with E-state index < -0.39 is 5.97 Å². The third-order valence-electron chi connectivity index (χ3n) is 4.38. The second kappa shape index (κ2) is 5.24. The molecular formula is C16H23NO2. The van der Waals surface area contributed by atoms with Crippen molar-refractivity contribution in [2.45, 2.75) is 33.6 Å². The number of rotatable bonds is 3. The van der Waals surface area contributed by atoms with Crippen LogP contribution >= 0.6 is 0 Å². The summed E-state index contributed by atoms with van der Waals surface area (Å²) in [5, 5.41) is 9.39. The van der Waals surface area contributed by atoms with Crippen LogP contribution in [0.2, 0.25) is 0 Å². The number of hydrogen-bond acceptors (Lipinski definition) is 2. The molecule has 0 radical (unpaired) electrons. The average Bonchev–Trinajstić information content (AvgIpc) is 2.38. The fraction of sp³-hybridized carbons (Fsp3) is 0.562. The molecule has 3 nitrogen and oxygen atoms in total. The molecule has 1 aromatic carbocycles. The molecule has 1 saturated heterocycles. The molecule has 1 N–H and O–H groups in total. The molecule has 19 heavy (non-hydrogen) atoms. The minimum absolute atomic E-state index is 0.119. The fourth-order valence-electron chi connectivity index (χ4n) is 2.75. The number of aryl methyl sites for hydroxylation is 1. The lowest BCUT2D eigenvalue weighted by Gasteiger charge is -2.42. The predicted octanol–water partition coefficient (Wildman–Crippen LogP) is 3.19. The number of carboxylic acids is 1. The summed E-state index contributed by atoms with van der Waals surface area (Å²) in [6.07, 6.45) is 1.95. The van der Waals surface area contributed by atoms with Crippen LogP contribution in [0.4, 0.5) is 5.69 Å². The van der Waals surface area contributed by atoms with E-state index in [9.17, 15) is 9.90 Å². The van der Waals surface area contributed by atoms with Crippen molar-refractivity contribution in [2.24, 2.45) is 11.3 Å². The summed E-state index contributed by atoms with van der Waals surface area (Å²) in [7, 11) is 0. The molecule has 1 aromatic rings. The van der Waals surface area contributed by atoms with E-state index in [0.29, 0.717) is 6.54 Å². The Morgan fingerprint density at radius 1 is 1.37 bits per heavy atom. The number of aliphatic carboxylic acids is 1. The largest absolute Gasteiger partial charge is 0.481 e. The van der Waals surface area contributed by atoms with Gasteiger partial charge in [-0.05, 0) is 36.0 Å². The molecule has 1 atom stereocenters. The number of piperidine rings is 1. The summed E-state index contributed by atoms with van der Waals surface area (Å²) in [6.45, 7) is 7.79. The van der Waals surface area contributed by atoms with Gasteiger partial charge in [-0.3, -0.25) is 4.79 Å². The van der Waals surface area contributed by atoms with Gasteiger partial charge in [-0.25, -0.2) is 0 Å². The van der Waals surface area contributed by atoms with Crippen LogP contribution in [0.5, 0.6) is 0 Å². The molecule has 1 aliphatic heterocycles. The van der Waals surface area contributed by atoms with Crippen molar-refractivity contribution < 1.29 is 9.90 Å². The molecule has 1 heterocycles. The predicted molar refractivity (Wildman–Crippen MR) is 77.6 cm³/mol. The third kappa shape index (κ3) is 2.91. The number of carbonyl (C=O) groups is 1. The molecule has 0 aromatic heterocycles. The van der Waals surface area contributed by atoms with Crippen molar-refractivity contribution in [2.75, 3.05) is 18.0 Å². The van der Waals surface area contributed by atoms with Crippen molar-refractivity contribution in [1.29, 1.82) is 0 Å². The van der Waals surface area contributed by atoms with E-state index in [2.05, 4.69) is 49.9 Å². The zero-order valence-electron chi connectivity index (χ0n) is 12.0. The van der Waals surface area contributed by atoms with Crippen LogP contribution in [-0.4, -0.2) is 24.2 Å². The molecule has 1 fully saturated rings. The van der Waals surface area contributed by atoms with Crippen molar-refractivity contribution in [3.63, 3.8) is 0 Å². The van der Waals surface area contributed by atoms with Gasteiger partial charge in [0.05, 0.1) is 5.92 Å². The Kier molecular flexibility index (Phi) is 3.83. The molecule has 0 bridgehead atoms. The van der Waals surface area contributed by atoms with Gasteiger partial charge in [0.25, 0.3) is 0 Å². The van der Waals surface area contributed by atoms with Gasteiger partial charge in [0.15, 0.2) is 0 Å². The third-order valence-corrected chi connectivity index (χ3v) is 4.38. The lowest BCUT2D eigenvalue weighted by Crippen LogP contribution is -2.48. The molecule has 104 valence electrons. The standard InChI is InChI=1S/C16H23NO2/c1-4-12-5-7-13(8-6-12)17-10-9-16(2,3)14(11-17)15(18)19/h5-8,14H,4,9-11H2,1-3H3,(H,18,19). The van der Waals surface area contributed by atoms with Crippen LogP contribution in [0.3, 0.4) is 0 Å². The first kappa shape index (κ1) is 13.9. The molecule has 1 aliphatic rings. The van der Waals surface area contributed by atoms with Crippen LogP contribution < -0.4 is 4.90 Å². The Bertz CT molecular complexity index is 450. The Labute approximate surface area is 115 Å². The molecule has 1 unspecified atom stereocenters. The molecule has 0 amide bonds. The summed E-state index contributed by atoms with van der Waals surface area (Å²) in [5.41, 5.74) is 2.33. The van der Waals surface area contributed by atoms with Gasteiger partial charge in [0, 0.05) is 18.8 Å². The Hall–Kier alpha value is -1.51. The van der Waals surface area contributed by atoms with E-state index in [0.717, 1.165) is 25.1 Å². The quantitative estimate of drug-likeness (QED) is 0.908. The zero-order chi connectivity index (χ0) is 14.0. The highest BCUT2D eigenvalue weighted by atomic mass is 16.4. The van der Waals surface area contributed by atoms with Gasteiger partial charge in [-0.2, -0.15) is 0 Å². The van der Waals surface area contributed by atoms with Crippen molar-refractivity contribution in [1.82, 2.24) is 0 Å². The molecule has 0 spiro atoms. The first-order valence-corrected chi connectivity index (χ1v) is 7.00. The minimum atomic E-state index is -0.681. The van der Waals surface area contributed by atoms with E-state index in [1.165, 1.54) is 5.56 Å². The summed E-state index contributed by atoms with van der Waals surface area (Å²) in [5.74, 6) is -0.980. The van der Waals surface area contributed by atoms with Gasteiger partial charge >= 0.3 is 5.97 Å². The number of carboxylic acid groups (broad SMARTS) is 1.